The molecule has 0 saturated heterocycles. The van der Waals surface area contributed by atoms with Crippen molar-refractivity contribution >= 4 is 11.6 Å². The third-order valence-electron chi connectivity index (χ3n) is 3.18. The second-order valence-corrected chi connectivity index (χ2v) is 5.16. The van der Waals surface area contributed by atoms with E-state index in [2.05, 4.69) is 23.3 Å². The maximum absolute atomic E-state index is 6.11. The molecule has 2 aromatic rings. The van der Waals surface area contributed by atoms with Crippen LogP contribution in [0.5, 0.6) is 0 Å². The minimum Gasteiger partial charge on any atom is -0.338 e. The molecule has 0 saturated carbocycles. The van der Waals surface area contributed by atoms with E-state index in [0.717, 1.165) is 36.8 Å². The van der Waals surface area contributed by atoms with Crippen LogP contribution in [0.4, 0.5) is 0 Å². The maximum atomic E-state index is 6.11. The van der Waals surface area contributed by atoms with Crippen molar-refractivity contribution in [1.82, 2.24) is 14.9 Å². The monoisotopic (exact) mass is 277 g/mol. The van der Waals surface area contributed by atoms with Crippen molar-refractivity contribution in [3.63, 3.8) is 0 Å². The van der Waals surface area contributed by atoms with Crippen LogP contribution < -0.4 is 5.32 Å². The van der Waals surface area contributed by atoms with Crippen molar-refractivity contribution in [3.05, 3.63) is 52.6 Å². The Morgan fingerprint density at radius 3 is 2.84 bits per heavy atom. The third-order valence-corrected chi connectivity index (χ3v) is 3.42. The lowest BCUT2D eigenvalue weighted by atomic mass is 10.0. The highest BCUT2D eigenvalue weighted by Crippen LogP contribution is 2.19. The van der Waals surface area contributed by atoms with Crippen LogP contribution in [0.25, 0.3) is 0 Å². The van der Waals surface area contributed by atoms with E-state index in [9.17, 15) is 0 Å². The van der Waals surface area contributed by atoms with Gasteiger partial charge in [-0.25, -0.2) is 4.98 Å². The molecular weight excluding hydrogens is 258 g/mol. The molecule has 19 heavy (non-hydrogen) atoms. The Labute approximate surface area is 119 Å². The molecule has 4 heteroatoms. The summed E-state index contributed by atoms with van der Waals surface area (Å²) in [6.45, 7) is 4.08. The van der Waals surface area contributed by atoms with Crippen molar-refractivity contribution in [3.8, 4) is 0 Å². The molecule has 0 fully saturated rings. The molecule has 0 radical (unpaired) electrons. The molecule has 3 nitrogen and oxygen atoms in total. The van der Waals surface area contributed by atoms with Crippen molar-refractivity contribution in [2.24, 2.45) is 7.05 Å². The van der Waals surface area contributed by atoms with E-state index in [1.807, 2.05) is 36.1 Å². The highest BCUT2D eigenvalue weighted by molar-refractivity contribution is 6.30. The van der Waals surface area contributed by atoms with Crippen LogP contribution in [-0.2, 0) is 20.0 Å². The van der Waals surface area contributed by atoms with Crippen molar-refractivity contribution in [1.29, 1.82) is 0 Å². The van der Waals surface area contributed by atoms with E-state index in [0.29, 0.717) is 0 Å². The molecule has 1 aromatic heterocycles. The van der Waals surface area contributed by atoms with Gasteiger partial charge in [0.2, 0.25) is 0 Å². The average Bonchev–Trinajstić information content (AvgIpc) is 2.78. The maximum Gasteiger partial charge on any atom is 0.112 e. The van der Waals surface area contributed by atoms with Gasteiger partial charge in [-0.15, -0.1) is 0 Å². The molecule has 0 unspecified atom stereocenters. The number of nitrogens with one attached hydrogen (secondary N) is 1. The minimum absolute atomic E-state index is 0.781. The van der Waals surface area contributed by atoms with E-state index < -0.39 is 0 Å². The van der Waals surface area contributed by atoms with Crippen LogP contribution in [0.2, 0.25) is 5.02 Å². The summed E-state index contributed by atoms with van der Waals surface area (Å²) in [6.07, 6.45) is 5.75. The molecule has 0 aliphatic carbocycles. The Hall–Kier alpha value is -1.32. The average molecular weight is 278 g/mol. The fourth-order valence-corrected chi connectivity index (χ4v) is 2.26. The number of hydrogen-bond acceptors (Lipinski definition) is 2. The number of aromatic nitrogens is 2. The Morgan fingerprint density at radius 2 is 2.16 bits per heavy atom. The van der Waals surface area contributed by atoms with Gasteiger partial charge in [-0.1, -0.05) is 24.6 Å². The molecule has 1 heterocycles. The van der Waals surface area contributed by atoms with Crippen molar-refractivity contribution in [2.45, 2.75) is 26.3 Å². The summed E-state index contributed by atoms with van der Waals surface area (Å²) in [5.41, 5.74) is 2.53. The van der Waals surface area contributed by atoms with Crippen molar-refractivity contribution < 1.29 is 0 Å². The topological polar surface area (TPSA) is 29.9 Å². The van der Waals surface area contributed by atoms with E-state index >= 15 is 0 Å². The van der Waals surface area contributed by atoms with E-state index in [4.69, 9.17) is 11.6 Å². The van der Waals surface area contributed by atoms with Gasteiger partial charge in [0.1, 0.15) is 5.82 Å². The lowest BCUT2D eigenvalue weighted by Crippen LogP contribution is -2.15. The first-order valence-corrected chi connectivity index (χ1v) is 7.02. The molecule has 1 N–H and O–H groups in total. The Kier molecular flexibility index (Phi) is 5.00. The molecule has 0 aliphatic rings. The number of nitrogens with zero attached hydrogens (tertiary/aromatic N) is 2. The number of rotatable bonds is 6. The number of halogens is 1. The standard InChI is InChI=1S/C15H20ClN3/c1-3-6-17-11-12-4-5-14(16)9-13(12)10-15-18-7-8-19(15)2/h4-5,7-9,17H,3,6,10-11H2,1-2H3. The van der Waals surface area contributed by atoms with Crippen LogP contribution in [-0.4, -0.2) is 16.1 Å². The SMILES string of the molecule is CCCNCc1ccc(Cl)cc1Cc1nccn1C. The summed E-state index contributed by atoms with van der Waals surface area (Å²) in [7, 11) is 2.02. The van der Waals surface area contributed by atoms with Gasteiger partial charge in [0, 0.05) is 37.4 Å². The lowest BCUT2D eigenvalue weighted by Gasteiger charge is -2.11. The Morgan fingerprint density at radius 1 is 1.32 bits per heavy atom. The van der Waals surface area contributed by atoms with Gasteiger partial charge in [0.05, 0.1) is 0 Å². The summed E-state index contributed by atoms with van der Waals surface area (Å²) < 4.78 is 2.05. The first-order chi connectivity index (χ1) is 9.20. The Bertz CT molecular complexity index is 534. The second kappa shape index (κ2) is 6.73. The molecule has 0 aliphatic heterocycles. The molecule has 1 aromatic carbocycles. The summed E-state index contributed by atoms with van der Waals surface area (Å²) in [4.78, 5) is 4.38. The molecule has 2 rings (SSSR count). The van der Waals surface area contributed by atoms with Gasteiger partial charge in [-0.05, 0) is 36.2 Å². The third kappa shape index (κ3) is 3.82. The highest BCUT2D eigenvalue weighted by atomic mass is 35.5. The smallest absolute Gasteiger partial charge is 0.112 e. The van der Waals surface area contributed by atoms with Crippen LogP contribution in [0.15, 0.2) is 30.6 Å². The largest absolute Gasteiger partial charge is 0.338 e. The molecule has 0 amide bonds. The number of aryl methyl sites for hydroxylation is 1. The van der Waals surface area contributed by atoms with Gasteiger partial charge >= 0.3 is 0 Å². The van der Waals surface area contributed by atoms with Gasteiger partial charge < -0.3 is 9.88 Å². The van der Waals surface area contributed by atoms with Gasteiger partial charge in [-0.3, -0.25) is 0 Å². The van der Waals surface area contributed by atoms with E-state index in [-0.39, 0.29) is 0 Å². The summed E-state index contributed by atoms with van der Waals surface area (Å²) in [5, 5.41) is 4.22. The van der Waals surface area contributed by atoms with Crippen LogP contribution in [0.3, 0.4) is 0 Å². The quantitative estimate of drug-likeness (QED) is 0.822. The second-order valence-electron chi connectivity index (χ2n) is 4.72. The summed E-state index contributed by atoms with van der Waals surface area (Å²) in [5.74, 6) is 1.05. The Balaban J connectivity index is 2.17. The minimum atomic E-state index is 0.781. The number of imidazole rings is 1. The van der Waals surface area contributed by atoms with E-state index in [1.165, 1.54) is 11.1 Å². The summed E-state index contributed by atoms with van der Waals surface area (Å²) in [6, 6.07) is 6.09. The predicted molar refractivity (Wildman–Crippen MR) is 79.5 cm³/mol. The fraction of sp³-hybridized carbons (Fsp3) is 0.400. The van der Waals surface area contributed by atoms with Gasteiger partial charge in [0.25, 0.3) is 0 Å². The van der Waals surface area contributed by atoms with Crippen LogP contribution in [0.1, 0.15) is 30.3 Å². The zero-order chi connectivity index (χ0) is 13.7. The number of hydrogen-bond donors (Lipinski definition) is 1. The zero-order valence-electron chi connectivity index (χ0n) is 11.5. The van der Waals surface area contributed by atoms with Crippen LogP contribution in [0, 0.1) is 0 Å². The molecule has 0 spiro atoms. The molecule has 0 bridgehead atoms. The number of benzene rings is 1. The van der Waals surface area contributed by atoms with E-state index in [1.54, 1.807) is 0 Å². The first-order valence-electron chi connectivity index (χ1n) is 6.65. The zero-order valence-corrected chi connectivity index (χ0v) is 12.2. The molecular formula is C15H20ClN3. The highest BCUT2D eigenvalue weighted by Gasteiger charge is 2.07. The first kappa shape index (κ1) is 14.1. The molecule has 102 valence electrons. The van der Waals surface area contributed by atoms with Gasteiger partial charge in [-0.2, -0.15) is 0 Å². The normalized spacial score (nSPS) is 10.9. The lowest BCUT2D eigenvalue weighted by molar-refractivity contribution is 0.670. The van der Waals surface area contributed by atoms with Crippen molar-refractivity contribution in [2.75, 3.05) is 6.54 Å². The molecule has 0 atom stereocenters. The summed E-state index contributed by atoms with van der Waals surface area (Å²) >= 11 is 6.11. The predicted octanol–water partition coefficient (Wildman–Crippen LogP) is 3.16. The van der Waals surface area contributed by atoms with Crippen LogP contribution >= 0.6 is 11.6 Å². The fourth-order valence-electron chi connectivity index (χ4n) is 2.07. The van der Waals surface area contributed by atoms with Gasteiger partial charge in [0.15, 0.2) is 0 Å².